The van der Waals surface area contributed by atoms with E-state index >= 15 is 0 Å². The molecule has 1 aliphatic rings. The van der Waals surface area contributed by atoms with Gasteiger partial charge in [-0.1, -0.05) is 88.4 Å². The van der Waals surface area contributed by atoms with Crippen molar-refractivity contribution < 1.29 is 18.0 Å². The van der Waals surface area contributed by atoms with E-state index in [1.165, 1.54) is 14.1 Å². The Bertz CT molecular complexity index is 1480. The Kier molecular flexibility index (Phi) is 8.86. The highest BCUT2D eigenvalue weighted by molar-refractivity contribution is 8.03. The van der Waals surface area contributed by atoms with E-state index in [-0.39, 0.29) is 16.7 Å². The first-order valence-corrected chi connectivity index (χ1v) is 13.8. The number of hydrogen-bond acceptors (Lipinski definition) is 7. The van der Waals surface area contributed by atoms with Crippen LogP contribution in [-0.4, -0.2) is 55.0 Å². The zero-order chi connectivity index (χ0) is 27.7. The molecule has 0 bridgehead atoms. The topological polar surface area (TPSA) is 116 Å². The van der Waals surface area contributed by atoms with Crippen LogP contribution in [0.4, 0.5) is 0 Å². The lowest BCUT2D eigenvalue weighted by molar-refractivity contribution is 0.0777. The predicted octanol–water partition coefficient (Wildman–Crippen LogP) is 5.30. The summed E-state index contributed by atoms with van der Waals surface area (Å²) >= 11 is 23.2. The van der Waals surface area contributed by atoms with Crippen LogP contribution in [0.1, 0.15) is 32.1 Å². The maximum Gasteiger partial charge on any atom is 0.309 e. The fourth-order valence-electron chi connectivity index (χ4n) is 3.14. The third-order valence-corrected chi connectivity index (χ3v) is 8.21. The zero-order valence-electron chi connectivity index (χ0n) is 19.3. The average molecular weight is 621 g/mol. The van der Waals surface area contributed by atoms with Crippen LogP contribution in [0.25, 0.3) is 11.3 Å². The zero-order valence-corrected chi connectivity index (χ0v) is 24.0. The van der Waals surface area contributed by atoms with Crippen LogP contribution in [0.2, 0.25) is 5.15 Å². The molecule has 15 heteroatoms. The number of fused-ring (bicyclic) bond motifs is 1. The van der Waals surface area contributed by atoms with Gasteiger partial charge in [0.05, 0.1) is 11.1 Å². The van der Waals surface area contributed by atoms with Gasteiger partial charge in [-0.25, -0.2) is 9.29 Å². The lowest BCUT2D eigenvalue weighted by atomic mass is 10.1. The van der Waals surface area contributed by atoms with Gasteiger partial charge in [0.2, 0.25) is 5.82 Å². The first-order valence-electron chi connectivity index (χ1n) is 10.1. The summed E-state index contributed by atoms with van der Waals surface area (Å²) in [5.41, 5.74) is 2.44. The number of imidazole rings is 1. The first-order chi connectivity index (χ1) is 17.2. The molecule has 0 unspecified atom stereocenters. The number of rotatable bonds is 4. The van der Waals surface area contributed by atoms with Gasteiger partial charge in [0.1, 0.15) is 11.8 Å². The molecule has 1 aromatic heterocycles. The second kappa shape index (κ2) is 11.2. The van der Waals surface area contributed by atoms with Crippen LogP contribution in [0, 0.1) is 18.3 Å². The lowest BCUT2D eigenvalue weighted by Crippen LogP contribution is -2.30. The molecule has 194 valence electrons. The van der Waals surface area contributed by atoms with E-state index in [1.807, 2.05) is 19.1 Å². The van der Waals surface area contributed by atoms with E-state index in [0.717, 1.165) is 18.1 Å². The SMILES string of the molecule is Cc1ccc(-c2c(Cl)nc(C#N)n2S(=O)(=O)N(C)C)cc1.O=C1c2ccccc2C(=O)N1SC(Cl)(Cl)Cl. The van der Waals surface area contributed by atoms with E-state index in [2.05, 4.69) is 4.98 Å². The Morgan fingerprint density at radius 2 is 1.51 bits per heavy atom. The molecule has 0 saturated heterocycles. The number of nitrogens with zero attached hydrogens (tertiary/aromatic N) is 5. The van der Waals surface area contributed by atoms with Crippen LogP contribution < -0.4 is 0 Å². The Morgan fingerprint density at radius 3 is 1.95 bits per heavy atom. The van der Waals surface area contributed by atoms with Crippen molar-refractivity contribution in [1.82, 2.24) is 17.6 Å². The van der Waals surface area contributed by atoms with E-state index in [9.17, 15) is 18.0 Å². The maximum absolute atomic E-state index is 12.4. The van der Waals surface area contributed by atoms with Crippen LogP contribution in [0.15, 0.2) is 48.5 Å². The Balaban J connectivity index is 0.000000213. The molecule has 2 aromatic carbocycles. The summed E-state index contributed by atoms with van der Waals surface area (Å²) in [6, 6.07) is 15.4. The van der Waals surface area contributed by atoms with E-state index in [0.29, 0.717) is 28.6 Å². The number of nitriles is 1. The van der Waals surface area contributed by atoms with Gasteiger partial charge in [-0.05, 0) is 19.1 Å². The second-order valence-electron chi connectivity index (χ2n) is 7.59. The molecule has 2 heterocycles. The Hall–Kier alpha value is -2.30. The molecule has 4 rings (SSSR count). The van der Waals surface area contributed by atoms with Crippen LogP contribution in [-0.2, 0) is 10.2 Å². The van der Waals surface area contributed by atoms with Crippen molar-refractivity contribution in [3.05, 3.63) is 76.2 Å². The van der Waals surface area contributed by atoms with Crippen molar-refractivity contribution >= 4 is 80.4 Å². The summed E-state index contributed by atoms with van der Waals surface area (Å²) in [6.07, 6.45) is 0. The van der Waals surface area contributed by atoms with Gasteiger partial charge in [0.25, 0.3) is 14.9 Å². The number of alkyl halides is 3. The number of hydrogen-bond donors (Lipinski definition) is 0. The maximum atomic E-state index is 12.4. The predicted molar refractivity (Wildman–Crippen MR) is 145 cm³/mol. The van der Waals surface area contributed by atoms with E-state index in [4.69, 9.17) is 51.7 Å². The molecule has 0 saturated carbocycles. The quantitative estimate of drug-likeness (QED) is 0.221. The number of imide groups is 1. The minimum atomic E-state index is -3.91. The van der Waals surface area contributed by atoms with Crippen molar-refractivity contribution in [3.8, 4) is 17.3 Å². The number of aryl methyl sites for hydroxylation is 1. The monoisotopic (exact) mass is 619 g/mol. The molecule has 9 nitrogen and oxygen atoms in total. The van der Waals surface area contributed by atoms with Crippen molar-refractivity contribution in [2.45, 2.75) is 10.0 Å². The molecule has 0 fully saturated rings. The minimum absolute atomic E-state index is 0.0270. The third-order valence-electron chi connectivity index (χ3n) is 4.86. The van der Waals surface area contributed by atoms with Gasteiger partial charge >= 0.3 is 10.2 Å². The number of aromatic nitrogens is 2. The fraction of sp³-hybridized carbons (Fsp3) is 0.182. The van der Waals surface area contributed by atoms with Gasteiger partial charge < -0.3 is 0 Å². The molecule has 2 amide bonds. The summed E-state index contributed by atoms with van der Waals surface area (Å²) in [6.45, 7) is 1.92. The molecule has 0 spiro atoms. The highest BCUT2D eigenvalue weighted by Crippen LogP contribution is 2.44. The molecule has 0 radical (unpaired) electrons. The average Bonchev–Trinajstić information content (AvgIpc) is 3.29. The van der Waals surface area contributed by atoms with Crippen molar-refractivity contribution in [3.63, 3.8) is 0 Å². The first kappa shape index (κ1) is 29.3. The largest absolute Gasteiger partial charge is 0.309 e. The standard InChI is InChI=1S/C13H13ClN4O2S.C9H4Cl3NO2S/c1-9-4-6-10(7-5-9)12-13(14)16-11(8-15)18(12)21(19,20)17(2)3;10-9(11,12)16-13-7(14)5-3-1-2-4-6(5)8(13)15/h4-7H,1-3H3;1-4H. The second-order valence-corrected chi connectivity index (χ2v) is 14.1. The molecule has 1 aliphatic heterocycles. The molecule has 0 aliphatic carbocycles. The molecular weight excluding hydrogens is 604 g/mol. The van der Waals surface area contributed by atoms with Crippen molar-refractivity contribution in [1.29, 1.82) is 5.26 Å². The number of benzene rings is 2. The number of carbonyl (C=O) groups is 2. The van der Waals surface area contributed by atoms with Gasteiger partial charge in [-0.3, -0.25) is 9.59 Å². The molecule has 3 aromatic rings. The van der Waals surface area contributed by atoms with E-state index in [1.54, 1.807) is 42.5 Å². The molecule has 0 N–H and O–H groups in total. The molecule has 37 heavy (non-hydrogen) atoms. The molecule has 0 atom stereocenters. The van der Waals surface area contributed by atoms with Crippen molar-refractivity contribution in [2.24, 2.45) is 0 Å². The van der Waals surface area contributed by atoms with Gasteiger partial charge in [-0.15, -0.1) is 0 Å². The minimum Gasteiger partial charge on any atom is -0.268 e. The summed E-state index contributed by atoms with van der Waals surface area (Å²) < 4.78 is 25.8. The summed E-state index contributed by atoms with van der Waals surface area (Å²) in [5, 5.41) is 9.09. The van der Waals surface area contributed by atoms with Gasteiger partial charge in [0.15, 0.2) is 5.15 Å². The van der Waals surface area contributed by atoms with Gasteiger partial charge in [-0.2, -0.15) is 22.0 Å². The van der Waals surface area contributed by atoms with Crippen molar-refractivity contribution in [2.75, 3.05) is 14.1 Å². The highest BCUT2D eigenvalue weighted by atomic mass is 35.6. The highest BCUT2D eigenvalue weighted by Gasteiger charge is 2.40. The summed E-state index contributed by atoms with van der Waals surface area (Å²) in [5.74, 6) is -1.20. The molecular formula is C22H17Cl4N5O4S2. The van der Waals surface area contributed by atoms with Crippen LogP contribution >= 0.6 is 58.4 Å². The summed E-state index contributed by atoms with van der Waals surface area (Å²) in [4.78, 5) is 27.4. The van der Waals surface area contributed by atoms with E-state index < -0.39 is 25.1 Å². The normalized spacial score (nSPS) is 13.3. The van der Waals surface area contributed by atoms with Crippen LogP contribution in [0.3, 0.4) is 0 Å². The Morgan fingerprint density at radius 1 is 1.00 bits per heavy atom. The third kappa shape index (κ3) is 6.23. The summed E-state index contributed by atoms with van der Waals surface area (Å²) in [7, 11) is -1.15. The number of carbonyl (C=O) groups excluding carboxylic acids is 2. The number of amides is 2. The van der Waals surface area contributed by atoms with Crippen LogP contribution in [0.5, 0.6) is 0 Å². The lowest BCUT2D eigenvalue weighted by Gasteiger charge is -2.17. The fourth-order valence-corrected chi connectivity index (χ4v) is 5.70. The number of halogens is 4. The Labute approximate surface area is 237 Å². The smallest absolute Gasteiger partial charge is 0.268 e. The van der Waals surface area contributed by atoms with Gasteiger partial charge in [0, 0.05) is 31.6 Å².